The van der Waals surface area contributed by atoms with Crippen molar-refractivity contribution in [1.82, 2.24) is 0 Å². The lowest BCUT2D eigenvalue weighted by atomic mass is 9.75. The van der Waals surface area contributed by atoms with E-state index in [2.05, 4.69) is 13.0 Å². The van der Waals surface area contributed by atoms with E-state index in [4.69, 9.17) is 10.00 Å². The number of nitrogens with zero attached hydrogens (tertiary/aromatic N) is 1. The van der Waals surface area contributed by atoms with Gasteiger partial charge >= 0.3 is 5.97 Å². The van der Waals surface area contributed by atoms with Crippen LogP contribution in [0.1, 0.15) is 89.5 Å². The fraction of sp³-hybridized carbons (Fsp3) is 0.680. The topological polar surface area (TPSA) is 50.1 Å². The summed E-state index contributed by atoms with van der Waals surface area (Å²) in [5, 5.41) is 8.84. The third kappa shape index (κ3) is 6.09. The first-order valence-electron chi connectivity index (χ1n) is 11.4. The van der Waals surface area contributed by atoms with Crippen molar-refractivity contribution < 1.29 is 9.53 Å². The fourth-order valence-electron chi connectivity index (χ4n) is 5.17. The minimum Gasteiger partial charge on any atom is -0.426 e. The zero-order valence-corrected chi connectivity index (χ0v) is 17.4. The third-order valence-corrected chi connectivity index (χ3v) is 7.03. The molecule has 0 unspecified atom stereocenters. The molecule has 2 aliphatic rings. The van der Waals surface area contributed by atoms with E-state index < -0.39 is 0 Å². The SMILES string of the molecule is CCC[C@H]1CC[C@H](CC[C@H]2CC[C@H](C(=O)Oc3ccc(C#N)cc3)CC2)CC1. The minimum atomic E-state index is -0.0996. The van der Waals surface area contributed by atoms with Crippen LogP contribution in [0.4, 0.5) is 0 Å². The fourth-order valence-corrected chi connectivity index (χ4v) is 5.17. The Morgan fingerprint density at radius 3 is 1.89 bits per heavy atom. The van der Waals surface area contributed by atoms with Crippen molar-refractivity contribution in [2.75, 3.05) is 0 Å². The van der Waals surface area contributed by atoms with E-state index in [9.17, 15) is 4.79 Å². The molecule has 0 amide bonds. The van der Waals surface area contributed by atoms with Crippen LogP contribution >= 0.6 is 0 Å². The van der Waals surface area contributed by atoms with Gasteiger partial charge in [0.2, 0.25) is 0 Å². The highest BCUT2D eigenvalue weighted by Crippen LogP contribution is 2.37. The number of nitriles is 1. The van der Waals surface area contributed by atoms with Crippen molar-refractivity contribution in [2.24, 2.45) is 23.7 Å². The molecule has 3 rings (SSSR count). The minimum absolute atomic E-state index is 0.0383. The molecule has 3 heteroatoms. The Kier molecular flexibility index (Phi) is 7.95. The lowest BCUT2D eigenvalue weighted by Crippen LogP contribution is -2.26. The molecule has 0 spiro atoms. The molecule has 0 atom stereocenters. The molecular formula is C25H35NO2. The zero-order chi connectivity index (χ0) is 19.8. The molecule has 0 heterocycles. The van der Waals surface area contributed by atoms with E-state index in [-0.39, 0.29) is 11.9 Å². The second-order valence-electron chi connectivity index (χ2n) is 9.03. The smallest absolute Gasteiger partial charge is 0.314 e. The van der Waals surface area contributed by atoms with Crippen LogP contribution in [-0.4, -0.2) is 5.97 Å². The summed E-state index contributed by atoms with van der Waals surface area (Å²) in [4.78, 5) is 12.4. The first-order chi connectivity index (χ1) is 13.7. The second-order valence-corrected chi connectivity index (χ2v) is 9.03. The molecule has 2 aliphatic carbocycles. The molecule has 1 aromatic carbocycles. The van der Waals surface area contributed by atoms with Crippen molar-refractivity contribution in [3.63, 3.8) is 0 Å². The standard InChI is InChI=1S/C25H35NO2/c1-2-3-19-4-6-20(7-5-19)8-9-21-10-14-23(15-11-21)25(27)28-24-16-12-22(18-26)13-17-24/h12-13,16-17,19-21,23H,2-11,14-15H2,1H3/t19-,20-,21-,23-. The predicted molar refractivity (Wildman–Crippen MR) is 112 cm³/mol. The molecule has 2 fully saturated rings. The van der Waals surface area contributed by atoms with Gasteiger partial charge in [0.1, 0.15) is 5.75 Å². The van der Waals surface area contributed by atoms with E-state index in [1.54, 1.807) is 24.3 Å². The highest BCUT2D eigenvalue weighted by atomic mass is 16.5. The van der Waals surface area contributed by atoms with Crippen LogP contribution in [0, 0.1) is 35.0 Å². The Labute approximate surface area is 170 Å². The molecule has 1 aromatic rings. The largest absolute Gasteiger partial charge is 0.426 e. The van der Waals surface area contributed by atoms with Crippen LogP contribution in [0.2, 0.25) is 0 Å². The van der Waals surface area contributed by atoms with Gasteiger partial charge in [-0.1, -0.05) is 58.3 Å². The summed E-state index contributed by atoms with van der Waals surface area (Å²) in [6.07, 6.45) is 15.5. The number of hydrogen-bond donors (Lipinski definition) is 0. The summed E-state index contributed by atoms with van der Waals surface area (Å²) in [6.45, 7) is 2.31. The Bertz CT molecular complexity index is 644. The lowest BCUT2D eigenvalue weighted by molar-refractivity contribution is -0.140. The van der Waals surface area contributed by atoms with Crippen molar-refractivity contribution in [3.05, 3.63) is 29.8 Å². The van der Waals surface area contributed by atoms with Crippen LogP contribution in [0.25, 0.3) is 0 Å². The molecule has 152 valence electrons. The summed E-state index contributed by atoms with van der Waals surface area (Å²) in [7, 11) is 0. The van der Waals surface area contributed by atoms with Gasteiger partial charge in [-0.3, -0.25) is 4.79 Å². The summed E-state index contributed by atoms with van der Waals surface area (Å²) in [6, 6.07) is 8.87. The van der Waals surface area contributed by atoms with Gasteiger partial charge in [0.15, 0.2) is 0 Å². The van der Waals surface area contributed by atoms with Crippen molar-refractivity contribution >= 4 is 5.97 Å². The molecule has 0 radical (unpaired) electrons. The highest BCUT2D eigenvalue weighted by Gasteiger charge is 2.28. The third-order valence-electron chi connectivity index (χ3n) is 7.03. The molecule has 0 saturated heterocycles. The Balaban J connectivity index is 1.34. The van der Waals surface area contributed by atoms with Gasteiger partial charge in [0.25, 0.3) is 0 Å². The maximum Gasteiger partial charge on any atom is 0.314 e. The summed E-state index contributed by atoms with van der Waals surface area (Å²) < 4.78 is 5.53. The monoisotopic (exact) mass is 381 g/mol. The van der Waals surface area contributed by atoms with Gasteiger partial charge in [-0.25, -0.2) is 0 Å². The van der Waals surface area contributed by atoms with Gasteiger partial charge < -0.3 is 4.74 Å². The van der Waals surface area contributed by atoms with Crippen molar-refractivity contribution in [2.45, 2.75) is 84.0 Å². The van der Waals surface area contributed by atoms with Crippen molar-refractivity contribution in [3.8, 4) is 11.8 Å². The van der Waals surface area contributed by atoms with Crippen LogP contribution in [0.5, 0.6) is 5.75 Å². The molecule has 3 nitrogen and oxygen atoms in total. The first-order valence-corrected chi connectivity index (χ1v) is 11.4. The number of esters is 1. The number of carbonyl (C=O) groups is 1. The van der Waals surface area contributed by atoms with E-state index in [1.165, 1.54) is 51.4 Å². The molecular weight excluding hydrogens is 346 g/mol. The Morgan fingerprint density at radius 1 is 0.893 bits per heavy atom. The molecule has 28 heavy (non-hydrogen) atoms. The zero-order valence-electron chi connectivity index (χ0n) is 17.4. The van der Waals surface area contributed by atoms with E-state index >= 15 is 0 Å². The van der Waals surface area contributed by atoms with Crippen LogP contribution in [-0.2, 0) is 4.79 Å². The van der Waals surface area contributed by atoms with E-state index in [1.807, 2.05) is 0 Å². The number of hydrogen-bond acceptors (Lipinski definition) is 3. The normalized spacial score (nSPS) is 27.7. The molecule has 0 bridgehead atoms. The summed E-state index contributed by atoms with van der Waals surface area (Å²) in [5.41, 5.74) is 0.583. The molecule has 0 aliphatic heterocycles. The predicted octanol–water partition coefficient (Wildman–Crippen LogP) is 6.66. The quantitative estimate of drug-likeness (QED) is 0.392. The molecule has 0 N–H and O–H groups in total. The van der Waals surface area contributed by atoms with Gasteiger partial charge in [-0.2, -0.15) is 5.26 Å². The van der Waals surface area contributed by atoms with Crippen LogP contribution in [0.15, 0.2) is 24.3 Å². The average molecular weight is 382 g/mol. The Hall–Kier alpha value is -1.82. The summed E-state index contributed by atoms with van der Waals surface area (Å²) in [5.74, 6) is 3.23. The van der Waals surface area contributed by atoms with Gasteiger partial charge in [-0.15, -0.1) is 0 Å². The van der Waals surface area contributed by atoms with Crippen LogP contribution < -0.4 is 4.74 Å². The number of rotatable bonds is 7. The van der Waals surface area contributed by atoms with E-state index in [0.29, 0.717) is 11.3 Å². The lowest BCUT2D eigenvalue weighted by Gasteiger charge is -2.31. The van der Waals surface area contributed by atoms with Crippen LogP contribution in [0.3, 0.4) is 0 Å². The van der Waals surface area contributed by atoms with E-state index in [0.717, 1.165) is 43.4 Å². The number of carbonyl (C=O) groups excluding carboxylic acids is 1. The molecule has 0 aromatic heterocycles. The average Bonchev–Trinajstić information content (AvgIpc) is 2.74. The number of benzene rings is 1. The highest BCUT2D eigenvalue weighted by molar-refractivity contribution is 5.75. The van der Waals surface area contributed by atoms with Gasteiger partial charge in [-0.05, 0) is 67.7 Å². The maximum atomic E-state index is 12.4. The molecule has 2 saturated carbocycles. The Morgan fingerprint density at radius 2 is 1.39 bits per heavy atom. The second kappa shape index (κ2) is 10.6. The summed E-state index contributed by atoms with van der Waals surface area (Å²) >= 11 is 0. The first kappa shape index (κ1) is 20.9. The van der Waals surface area contributed by atoms with Gasteiger partial charge in [0, 0.05) is 0 Å². The van der Waals surface area contributed by atoms with Crippen molar-refractivity contribution in [1.29, 1.82) is 5.26 Å². The number of ether oxygens (including phenoxy) is 1. The maximum absolute atomic E-state index is 12.4. The van der Waals surface area contributed by atoms with Gasteiger partial charge in [0.05, 0.1) is 17.6 Å².